The van der Waals surface area contributed by atoms with Crippen molar-refractivity contribution in [2.24, 2.45) is 0 Å². The molecule has 4 nitrogen and oxygen atoms in total. The number of aromatic nitrogens is 2. The number of nitrogens with zero attached hydrogens (tertiary/aromatic N) is 2. The first-order chi connectivity index (χ1) is 8.63. The molecule has 102 valence electrons. The number of carbonyl (C=O) groups is 1. The number of Topliss-reactive ketones (excluding diaryl/α,β-unsaturated/α-hetero) is 1. The molecule has 18 heavy (non-hydrogen) atoms. The Hall–Kier alpha value is -0.870. The Labute approximate surface area is 114 Å². The summed E-state index contributed by atoms with van der Waals surface area (Å²) in [6.45, 7) is 8.11. The quantitative estimate of drug-likeness (QED) is 0.738. The molecular formula is C13H22ClN3O. The third kappa shape index (κ3) is 3.82. The minimum Gasteiger partial charge on any atom is -0.310 e. The summed E-state index contributed by atoms with van der Waals surface area (Å²) in [5, 5.41) is 8.17. The van der Waals surface area contributed by atoms with E-state index in [9.17, 15) is 4.79 Å². The molecule has 0 atom stereocenters. The van der Waals surface area contributed by atoms with Gasteiger partial charge in [-0.15, -0.1) is 0 Å². The fraction of sp³-hybridized carbons (Fsp3) is 0.692. The van der Waals surface area contributed by atoms with E-state index in [1.54, 1.807) is 0 Å². The van der Waals surface area contributed by atoms with Gasteiger partial charge in [-0.1, -0.05) is 25.4 Å². The van der Waals surface area contributed by atoms with E-state index >= 15 is 0 Å². The van der Waals surface area contributed by atoms with Crippen LogP contribution in [0.15, 0.2) is 0 Å². The lowest BCUT2D eigenvalue weighted by atomic mass is 10.2. The van der Waals surface area contributed by atoms with Crippen LogP contribution in [0.5, 0.6) is 0 Å². The first-order valence-corrected chi connectivity index (χ1v) is 6.98. The summed E-state index contributed by atoms with van der Waals surface area (Å²) in [4.78, 5) is 11.8. The number of halogens is 1. The maximum Gasteiger partial charge on any atom is 0.152 e. The fourth-order valence-corrected chi connectivity index (χ4v) is 2.18. The van der Waals surface area contributed by atoms with Crippen molar-refractivity contribution in [3.8, 4) is 0 Å². The average Bonchev–Trinajstić information content (AvgIpc) is 2.66. The minimum absolute atomic E-state index is 0.155. The fourth-order valence-electron chi connectivity index (χ4n) is 1.84. The van der Waals surface area contributed by atoms with Crippen molar-refractivity contribution in [1.82, 2.24) is 15.1 Å². The second-order valence-corrected chi connectivity index (χ2v) is 4.65. The molecule has 0 aliphatic carbocycles. The van der Waals surface area contributed by atoms with E-state index in [1.165, 1.54) is 0 Å². The molecule has 1 N–H and O–H groups in total. The molecule has 0 aromatic carbocycles. The number of rotatable bonds is 8. The van der Waals surface area contributed by atoms with Gasteiger partial charge in [-0.05, 0) is 26.3 Å². The Balaban J connectivity index is 2.70. The van der Waals surface area contributed by atoms with Crippen LogP contribution in [0.2, 0.25) is 5.02 Å². The minimum atomic E-state index is 0.155. The number of aryl methyl sites for hydroxylation is 2. The predicted octanol–water partition coefficient (Wildman–Crippen LogP) is 2.23. The Bertz CT molecular complexity index is 401. The third-order valence-electron chi connectivity index (χ3n) is 2.81. The number of carbonyl (C=O) groups excluding carboxylic acids is 1. The Kier molecular flexibility index (Phi) is 6.36. The molecular weight excluding hydrogens is 250 g/mol. The average molecular weight is 272 g/mol. The summed E-state index contributed by atoms with van der Waals surface area (Å²) in [5.74, 6) is 0.155. The number of hydrogen-bond donors (Lipinski definition) is 1. The van der Waals surface area contributed by atoms with Gasteiger partial charge >= 0.3 is 0 Å². The maximum atomic E-state index is 11.8. The van der Waals surface area contributed by atoms with Gasteiger partial charge < -0.3 is 5.32 Å². The lowest BCUT2D eigenvalue weighted by Gasteiger charge is -2.05. The molecule has 0 spiro atoms. The highest BCUT2D eigenvalue weighted by atomic mass is 35.5. The van der Waals surface area contributed by atoms with Crippen molar-refractivity contribution in [3.05, 3.63) is 16.4 Å². The zero-order valence-electron chi connectivity index (χ0n) is 11.4. The van der Waals surface area contributed by atoms with Crippen LogP contribution in [-0.2, 0) is 24.2 Å². The van der Waals surface area contributed by atoms with Gasteiger partial charge in [0.25, 0.3) is 0 Å². The molecule has 1 aromatic rings. The predicted molar refractivity (Wildman–Crippen MR) is 74.2 cm³/mol. The zero-order chi connectivity index (χ0) is 13.5. The first kappa shape index (κ1) is 15.2. The monoisotopic (exact) mass is 271 g/mol. The summed E-state index contributed by atoms with van der Waals surface area (Å²) < 4.78 is 1.83. The number of hydrogen-bond acceptors (Lipinski definition) is 3. The van der Waals surface area contributed by atoms with Gasteiger partial charge in [0, 0.05) is 6.54 Å². The molecule has 0 saturated carbocycles. The van der Waals surface area contributed by atoms with Crippen LogP contribution in [-0.4, -0.2) is 28.7 Å². The van der Waals surface area contributed by atoms with Crippen LogP contribution >= 0.6 is 11.6 Å². The normalized spacial score (nSPS) is 10.9. The lowest BCUT2D eigenvalue weighted by molar-refractivity contribution is -0.117. The zero-order valence-corrected chi connectivity index (χ0v) is 12.2. The van der Waals surface area contributed by atoms with Gasteiger partial charge in [-0.25, -0.2) is 0 Å². The van der Waals surface area contributed by atoms with Gasteiger partial charge in [0.1, 0.15) is 0 Å². The molecule has 0 amide bonds. The van der Waals surface area contributed by atoms with Crippen molar-refractivity contribution >= 4 is 17.4 Å². The summed E-state index contributed by atoms with van der Waals surface area (Å²) in [6, 6.07) is 0. The van der Waals surface area contributed by atoms with E-state index < -0.39 is 0 Å². The lowest BCUT2D eigenvalue weighted by Crippen LogP contribution is -2.25. The van der Waals surface area contributed by atoms with E-state index in [-0.39, 0.29) is 5.78 Å². The van der Waals surface area contributed by atoms with Crippen LogP contribution < -0.4 is 5.32 Å². The van der Waals surface area contributed by atoms with Crippen molar-refractivity contribution in [2.75, 3.05) is 13.1 Å². The van der Waals surface area contributed by atoms with E-state index in [0.29, 0.717) is 18.0 Å². The van der Waals surface area contributed by atoms with Gasteiger partial charge in [0.2, 0.25) is 0 Å². The highest BCUT2D eigenvalue weighted by Crippen LogP contribution is 2.22. The van der Waals surface area contributed by atoms with E-state index in [2.05, 4.69) is 17.3 Å². The standard InChI is InChI=1S/C13H22ClN3O/c1-4-7-15-9-10(18)8-12-13(14)11(5-2)16-17(12)6-3/h15H,4-9H2,1-3H3. The van der Waals surface area contributed by atoms with Crippen LogP contribution in [0.3, 0.4) is 0 Å². The Morgan fingerprint density at radius 2 is 2.11 bits per heavy atom. The van der Waals surface area contributed by atoms with Crippen molar-refractivity contribution in [2.45, 2.75) is 46.6 Å². The van der Waals surface area contributed by atoms with Crippen LogP contribution in [0.4, 0.5) is 0 Å². The van der Waals surface area contributed by atoms with Crippen molar-refractivity contribution in [1.29, 1.82) is 0 Å². The second-order valence-electron chi connectivity index (χ2n) is 4.27. The summed E-state index contributed by atoms with van der Waals surface area (Å²) in [6.07, 6.45) is 2.18. The SMILES string of the molecule is CCCNCC(=O)Cc1c(Cl)c(CC)nn1CC. The third-order valence-corrected chi connectivity index (χ3v) is 3.24. The molecule has 0 saturated heterocycles. The molecule has 0 bridgehead atoms. The van der Waals surface area contributed by atoms with Crippen LogP contribution in [0.25, 0.3) is 0 Å². The van der Waals surface area contributed by atoms with Gasteiger partial charge in [0.05, 0.1) is 29.4 Å². The van der Waals surface area contributed by atoms with Crippen molar-refractivity contribution in [3.63, 3.8) is 0 Å². The van der Waals surface area contributed by atoms with Gasteiger partial charge in [-0.3, -0.25) is 9.48 Å². The molecule has 0 aliphatic heterocycles. The Morgan fingerprint density at radius 1 is 1.39 bits per heavy atom. The smallest absolute Gasteiger partial charge is 0.152 e. The van der Waals surface area contributed by atoms with Gasteiger partial charge in [0.15, 0.2) is 5.78 Å². The largest absolute Gasteiger partial charge is 0.310 e. The molecule has 1 aromatic heterocycles. The second kappa shape index (κ2) is 7.54. The Morgan fingerprint density at radius 3 is 2.67 bits per heavy atom. The molecule has 0 radical (unpaired) electrons. The van der Waals surface area contributed by atoms with E-state index in [0.717, 1.165) is 37.3 Å². The van der Waals surface area contributed by atoms with Crippen LogP contribution in [0.1, 0.15) is 38.6 Å². The summed E-state index contributed by atoms with van der Waals surface area (Å²) >= 11 is 6.26. The highest BCUT2D eigenvalue weighted by molar-refractivity contribution is 6.32. The van der Waals surface area contributed by atoms with Crippen molar-refractivity contribution < 1.29 is 4.79 Å². The first-order valence-electron chi connectivity index (χ1n) is 6.60. The molecule has 5 heteroatoms. The molecule has 1 heterocycles. The number of ketones is 1. The summed E-state index contributed by atoms with van der Waals surface area (Å²) in [7, 11) is 0. The van der Waals surface area contributed by atoms with Gasteiger partial charge in [-0.2, -0.15) is 5.10 Å². The van der Waals surface area contributed by atoms with E-state index in [1.807, 2.05) is 18.5 Å². The highest BCUT2D eigenvalue weighted by Gasteiger charge is 2.16. The summed E-state index contributed by atoms with van der Waals surface area (Å²) in [5.41, 5.74) is 1.72. The maximum absolute atomic E-state index is 11.8. The van der Waals surface area contributed by atoms with Crippen LogP contribution in [0, 0.1) is 0 Å². The molecule has 0 unspecified atom stereocenters. The number of nitrogens with one attached hydrogen (secondary N) is 1. The molecule has 0 fully saturated rings. The topological polar surface area (TPSA) is 46.9 Å². The van der Waals surface area contributed by atoms with E-state index in [4.69, 9.17) is 11.6 Å². The molecule has 1 rings (SSSR count). The molecule has 0 aliphatic rings.